The van der Waals surface area contributed by atoms with Crippen LogP contribution in [0.2, 0.25) is 0 Å². The van der Waals surface area contributed by atoms with Gasteiger partial charge in [0.05, 0.1) is 12.1 Å². The van der Waals surface area contributed by atoms with E-state index >= 15 is 0 Å². The normalized spacial score (nSPS) is 24.4. The molecule has 1 saturated heterocycles. The summed E-state index contributed by atoms with van der Waals surface area (Å²) in [6.07, 6.45) is 2.36. The Bertz CT molecular complexity index is 590. The summed E-state index contributed by atoms with van der Waals surface area (Å²) in [6.45, 7) is 7.36. The van der Waals surface area contributed by atoms with Crippen molar-refractivity contribution in [2.45, 2.75) is 51.8 Å². The number of benzene rings is 1. The fourth-order valence-electron chi connectivity index (χ4n) is 3.18. The van der Waals surface area contributed by atoms with Gasteiger partial charge in [-0.25, -0.2) is 0 Å². The van der Waals surface area contributed by atoms with E-state index in [0.717, 1.165) is 30.8 Å². The monoisotopic (exact) mass is 273 g/mol. The van der Waals surface area contributed by atoms with Crippen molar-refractivity contribution in [3.8, 4) is 0 Å². The second-order valence-corrected chi connectivity index (χ2v) is 5.65. The van der Waals surface area contributed by atoms with Crippen LogP contribution >= 0.6 is 0 Å². The predicted octanol–water partition coefficient (Wildman–Crippen LogP) is 3.82. The van der Waals surface area contributed by atoms with E-state index in [1.54, 1.807) is 0 Å². The summed E-state index contributed by atoms with van der Waals surface area (Å²) in [5, 5.41) is 4.91. The first-order chi connectivity index (χ1) is 9.70. The predicted molar refractivity (Wildman–Crippen MR) is 81.0 cm³/mol. The Balaban J connectivity index is 1.88. The Kier molecular flexibility index (Phi) is 3.81. The quantitative estimate of drug-likeness (QED) is 0.919. The molecule has 1 aromatic carbocycles. The Morgan fingerprint density at radius 3 is 2.85 bits per heavy atom. The zero-order valence-corrected chi connectivity index (χ0v) is 12.5. The van der Waals surface area contributed by atoms with E-state index < -0.39 is 0 Å². The Morgan fingerprint density at radius 1 is 1.35 bits per heavy atom. The first-order valence-corrected chi connectivity index (χ1v) is 7.58. The average Bonchev–Trinajstić information content (AvgIpc) is 3.02. The van der Waals surface area contributed by atoms with Crippen LogP contribution in [0.1, 0.15) is 44.6 Å². The highest BCUT2D eigenvalue weighted by Crippen LogP contribution is 2.31. The third-order valence-electron chi connectivity index (χ3n) is 4.32. The van der Waals surface area contributed by atoms with Crippen LogP contribution in [-0.2, 0) is 11.2 Å². The van der Waals surface area contributed by atoms with Gasteiger partial charge in [0.15, 0.2) is 0 Å². The van der Waals surface area contributed by atoms with Gasteiger partial charge in [-0.05, 0) is 32.8 Å². The molecular formula is C17H23NO2. The van der Waals surface area contributed by atoms with E-state index in [9.17, 15) is 0 Å². The van der Waals surface area contributed by atoms with Gasteiger partial charge >= 0.3 is 0 Å². The SMILES string of the molecule is CCc1c(C(C)NC2CCOC2C)oc2ccccc12. The summed E-state index contributed by atoms with van der Waals surface area (Å²) in [7, 11) is 0. The minimum atomic E-state index is 0.214. The summed E-state index contributed by atoms with van der Waals surface area (Å²) in [5.41, 5.74) is 2.32. The van der Waals surface area contributed by atoms with Gasteiger partial charge in [-0.1, -0.05) is 25.1 Å². The van der Waals surface area contributed by atoms with E-state index in [-0.39, 0.29) is 12.1 Å². The molecule has 0 amide bonds. The molecule has 3 unspecified atom stereocenters. The van der Waals surface area contributed by atoms with E-state index in [2.05, 4.69) is 38.2 Å². The Hall–Kier alpha value is -1.32. The molecule has 1 N–H and O–H groups in total. The van der Waals surface area contributed by atoms with Gasteiger partial charge in [-0.15, -0.1) is 0 Å². The number of furan rings is 1. The molecule has 108 valence electrons. The third-order valence-corrected chi connectivity index (χ3v) is 4.32. The van der Waals surface area contributed by atoms with Crippen molar-refractivity contribution in [1.29, 1.82) is 0 Å². The van der Waals surface area contributed by atoms with Crippen LogP contribution in [0.25, 0.3) is 11.0 Å². The summed E-state index contributed by atoms with van der Waals surface area (Å²) in [4.78, 5) is 0. The van der Waals surface area contributed by atoms with Gasteiger partial charge in [0.2, 0.25) is 0 Å². The summed E-state index contributed by atoms with van der Waals surface area (Å²) in [6, 6.07) is 8.93. The molecule has 0 bridgehead atoms. The molecule has 3 nitrogen and oxygen atoms in total. The van der Waals surface area contributed by atoms with E-state index in [1.165, 1.54) is 10.9 Å². The van der Waals surface area contributed by atoms with Crippen LogP contribution in [0.5, 0.6) is 0 Å². The van der Waals surface area contributed by atoms with Crippen LogP contribution in [0.3, 0.4) is 0 Å². The molecule has 2 heterocycles. The molecule has 0 radical (unpaired) electrons. The molecule has 0 spiro atoms. The minimum Gasteiger partial charge on any atom is -0.459 e. The highest BCUT2D eigenvalue weighted by atomic mass is 16.5. The number of hydrogen-bond acceptors (Lipinski definition) is 3. The standard InChI is InChI=1S/C17H23NO2/c1-4-13-14-7-5-6-8-16(14)20-17(13)11(2)18-15-9-10-19-12(15)3/h5-8,11-12,15,18H,4,9-10H2,1-3H3. The summed E-state index contributed by atoms with van der Waals surface area (Å²) >= 11 is 0. The highest BCUT2D eigenvalue weighted by molar-refractivity contribution is 5.82. The minimum absolute atomic E-state index is 0.214. The second kappa shape index (κ2) is 5.58. The zero-order valence-electron chi connectivity index (χ0n) is 12.5. The topological polar surface area (TPSA) is 34.4 Å². The number of ether oxygens (including phenoxy) is 1. The Labute approximate surface area is 120 Å². The average molecular weight is 273 g/mol. The first-order valence-electron chi connectivity index (χ1n) is 7.58. The Morgan fingerprint density at radius 2 is 2.15 bits per heavy atom. The van der Waals surface area contributed by atoms with Gasteiger partial charge in [0.25, 0.3) is 0 Å². The molecule has 0 saturated carbocycles. The van der Waals surface area contributed by atoms with Crippen LogP contribution in [0.4, 0.5) is 0 Å². The van der Waals surface area contributed by atoms with E-state index in [1.807, 2.05) is 12.1 Å². The number of rotatable bonds is 4. The number of fused-ring (bicyclic) bond motifs is 1. The molecule has 2 aromatic rings. The lowest BCUT2D eigenvalue weighted by atomic mass is 10.0. The fraction of sp³-hybridized carbons (Fsp3) is 0.529. The van der Waals surface area contributed by atoms with Crippen molar-refractivity contribution < 1.29 is 9.15 Å². The fourth-order valence-corrected chi connectivity index (χ4v) is 3.18. The molecule has 1 aliphatic rings. The van der Waals surface area contributed by atoms with Crippen LogP contribution in [-0.4, -0.2) is 18.8 Å². The number of aryl methyl sites for hydroxylation is 1. The lowest BCUT2D eigenvalue weighted by Gasteiger charge is -2.21. The summed E-state index contributed by atoms with van der Waals surface area (Å²) < 4.78 is 11.7. The van der Waals surface area contributed by atoms with E-state index in [0.29, 0.717) is 6.04 Å². The first kappa shape index (κ1) is 13.7. The number of hydrogen-bond donors (Lipinski definition) is 1. The van der Waals surface area contributed by atoms with E-state index in [4.69, 9.17) is 9.15 Å². The van der Waals surface area contributed by atoms with Gasteiger partial charge in [-0.3, -0.25) is 0 Å². The summed E-state index contributed by atoms with van der Waals surface area (Å²) in [5.74, 6) is 1.08. The second-order valence-electron chi connectivity index (χ2n) is 5.65. The van der Waals surface area contributed by atoms with Crippen LogP contribution in [0.15, 0.2) is 28.7 Å². The van der Waals surface area contributed by atoms with Crippen molar-refractivity contribution in [2.24, 2.45) is 0 Å². The molecule has 1 aliphatic heterocycles. The van der Waals surface area contributed by atoms with Gasteiger partial charge < -0.3 is 14.5 Å². The lowest BCUT2D eigenvalue weighted by Crippen LogP contribution is -2.36. The zero-order chi connectivity index (χ0) is 14.1. The van der Waals surface area contributed by atoms with Gasteiger partial charge in [0.1, 0.15) is 11.3 Å². The maximum atomic E-state index is 6.09. The molecule has 1 fully saturated rings. The van der Waals surface area contributed by atoms with Crippen molar-refractivity contribution in [3.05, 3.63) is 35.6 Å². The molecule has 3 heteroatoms. The third kappa shape index (κ3) is 2.36. The lowest BCUT2D eigenvalue weighted by molar-refractivity contribution is 0.110. The number of para-hydroxylation sites is 1. The smallest absolute Gasteiger partial charge is 0.134 e. The maximum Gasteiger partial charge on any atom is 0.134 e. The van der Waals surface area contributed by atoms with Crippen molar-refractivity contribution in [3.63, 3.8) is 0 Å². The van der Waals surface area contributed by atoms with Gasteiger partial charge in [-0.2, -0.15) is 0 Å². The number of nitrogens with one attached hydrogen (secondary N) is 1. The highest BCUT2D eigenvalue weighted by Gasteiger charge is 2.27. The molecule has 3 rings (SSSR count). The van der Waals surface area contributed by atoms with Crippen molar-refractivity contribution >= 4 is 11.0 Å². The van der Waals surface area contributed by atoms with Crippen molar-refractivity contribution in [1.82, 2.24) is 5.32 Å². The molecule has 0 aliphatic carbocycles. The molecular weight excluding hydrogens is 250 g/mol. The van der Waals surface area contributed by atoms with Crippen LogP contribution in [0, 0.1) is 0 Å². The van der Waals surface area contributed by atoms with Gasteiger partial charge in [0, 0.05) is 23.6 Å². The molecule has 1 aromatic heterocycles. The maximum absolute atomic E-state index is 6.09. The van der Waals surface area contributed by atoms with Crippen LogP contribution < -0.4 is 5.32 Å². The molecule has 3 atom stereocenters. The largest absolute Gasteiger partial charge is 0.459 e. The molecule has 20 heavy (non-hydrogen) atoms. The van der Waals surface area contributed by atoms with Crippen molar-refractivity contribution in [2.75, 3.05) is 6.61 Å².